The number of alkyl halides is 1. The van der Waals surface area contributed by atoms with Crippen LogP contribution in [0.15, 0.2) is 22.6 Å². The minimum atomic E-state index is -1.02. The van der Waals surface area contributed by atoms with E-state index >= 15 is 0 Å². The molecule has 15 heavy (non-hydrogen) atoms. The number of fused-ring (bicyclic) bond motifs is 1. The number of hydrogen-bond donors (Lipinski definition) is 1. The van der Waals surface area contributed by atoms with E-state index in [-0.39, 0.29) is 5.76 Å². The number of carboxylic acid groups (broad SMARTS) is 1. The van der Waals surface area contributed by atoms with Gasteiger partial charge in [-0.25, -0.2) is 4.79 Å². The lowest BCUT2D eigenvalue weighted by atomic mass is 10.1. The van der Waals surface area contributed by atoms with Crippen LogP contribution in [0.2, 0.25) is 0 Å². The molecule has 1 N–H and O–H groups in total. The fourth-order valence-electron chi connectivity index (χ4n) is 1.56. The summed E-state index contributed by atoms with van der Waals surface area (Å²) in [4.78, 5) is 10.8. The smallest absolute Gasteiger partial charge is 0.372 e. The number of furan rings is 1. The summed E-state index contributed by atoms with van der Waals surface area (Å²) in [6.45, 7) is 1.76. The lowest BCUT2D eigenvalue weighted by Crippen LogP contribution is -1.95. The molecule has 0 bridgehead atoms. The Hall–Kier alpha value is -1.29. The Morgan fingerprint density at radius 1 is 1.53 bits per heavy atom. The molecule has 2 aromatic rings. The molecule has 2 rings (SSSR count). The zero-order valence-corrected chi connectivity index (χ0v) is 9.67. The molecule has 0 atom stereocenters. The number of aryl methyl sites for hydroxylation is 1. The summed E-state index contributed by atoms with van der Waals surface area (Å²) in [7, 11) is 0. The van der Waals surface area contributed by atoms with Gasteiger partial charge in [0.15, 0.2) is 0 Å². The summed E-state index contributed by atoms with van der Waals surface area (Å²) in [5.41, 5.74) is 2.40. The second kappa shape index (κ2) is 3.70. The zero-order valence-electron chi connectivity index (χ0n) is 8.08. The average Bonchev–Trinajstić information content (AvgIpc) is 2.56. The molecule has 0 saturated heterocycles. The van der Waals surface area contributed by atoms with Crippen molar-refractivity contribution in [2.75, 3.05) is 0 Å². The van der Waals surface area contributed by atoms with Crippen LogP contribution >= 0.6 is 15.9 Å². The Morgan fingerprint density at radius 3 is 2.87 bits per heavy atom. The van der Waals surface area contributed by atoms with E-state index in [9.17, 15) is 4.79 Å². The Bertz CT molecular complexity index is 528. The van der Waals surface area contributed by atoms with Crippen LogP contribution in [0.5, 0.6) is 0 Å². The number of halogens is 1. The largest absolute Gasteiger partial charge is 0.475 e. The number of carboxylic acids is 1. The predicted octanol–water partition coefficient (Wildman–Crippen LogP) is 3.33. The fourth-order valence-corrected chi connectivity index (χ4v) is 1.90. The molecule has 0 fully saturated rings. The van der Waals surface area contributed by atoms with Gasteiger partial charge in [0.1, 0.15) is 5.58 Å². The molecule has 0 aliphatic carbocycles. The van der Waals surface area contributed by atoms with E-state index in [1.54, 1.807) is 13.0 Å². The van der Waals surface area contributed by atoms with Crippen molar-refractivity contribution in [3.05, 3.63) is 35.1 Å². The maximum absolute atomic E-state index is 10.8. The predicted molar refractivity (Wildman–Crippen MR) is 60.5 cm³/mol. The lowest BCUT2D eigenvalue weighted by Gasteiger charge is -1.94. The molecule has 1 heterocycles. The highest BCUT2D eigenvalue weighted by atomic mass is 79.9. The average molecular weight is 269 g/mol. The first-order valence-corrected chi connectivity index (χ1v) is 5.57. The van der Waals surface area contributed by atoms with Crippen LogP contribution in [0, 0.1) is 6.92 Å². The summed E-state index contributed by atoms with van der Waals surface area (Å²) >= 11 is 3.36. The van der Waals surface area contributed by atoms with Crippen molar-refractivity contribution in [1.29, 1.82) is 0 Å². The topological polar surface area (TPSA) is 50.4 Å². The third kappa shape index (κ3) is 1.65. The third-order valence-electron chi connectivity index (χ3n) is 2.35. The maximum atomic E-state index is 10.8. The van der Waals surface area contributed by atoms with E-state index in [0.717, 1.165) is 16.3 Å². The van der Waals surface area contributed by atoms with Crippen molar-refractivity contribution >= 4 is 32.9 Å². The van der Waals surface area contributed by atoms with Crippen LogP contribution in [0.25, 0.3) is 11.0 Å². The van der Waals surface area contributed by atoms with Gasteiger partial charge in [0.25, 0.3) is 0 Å². The molecule has 4 heteroatoms. The molecule has 0 aliphatic rings. The van der Waals surface area contributed by atoms with Crippen molar-refractivity contribution in [1.82, 2.24) is 0 Å². The van der Waals surface area contributed by atoms with Gasteiger partial charge in [-0.1, -0.05) is 22.0 Å². The monoisotopic (exact) mass is 268 g/mol. The van der Waals surface area contributed by atoms with Gasteiger partial charge in [0, 0.05) is 16.3 Å². The second-order valence-electron chi connectivity index (χ2n) is 3.33. The van der Waals surface area contributed by atoms with E-state index in [2.05, 4.69) is 15.9 Å². The highest BCUT2D eigenvalue weighted by Crippen LogP contribution is 2.26. The quantitative estimate of drug-likeness (QED) is 0.850. The van der Waals surface area contributed by atoms with Crippen LogP contribution in [0.4, 0.5) is 0 Å². The molecule has 0 saturated carbocycles. The number of rotatable bonds is 2. The molecule has 78 valence electrons. The van der Waals surface area contributed by atoms with Crippen molar-refractivity contribution in [3.8, 4) is 0 Å². The summed E-state index contributed by atoms with van der Waals surface area (Å²) in [6, 6.07) is 5.65. The SMILES string of the molecule is Cc1c(C(=O)O)oc2ccc(CBr)cc12. The Kier molecular flexibility index (Phi) is 2.52. The molecule has 1 aromatic heterocycles. The molecular weight excluding hydrogens is 260 g/mol. The number of aromatic carboxylic acids is 1. The molecule has 0 amide bonds. The highest BCUT2D eigenvalue weighted by molar-refractivity contribution is 9.08. The van der Waals surface area contributed by atoms with E-state index in [1.807, 2.05) is 12.1 Å². The number of benzene rings is 1. The van der Waals surface area contributed by atoms with E-state index < -0.39 is 5.97 Å². The summed E-state index contributed by atoms with van der Waals surface area (Å²) in [6.07, 6.45) is 0. The molecule has 0 spiro atoms. The van der Waals surface area contributed by atoms with Crippen molar-refractivity contribution in [2.45, 2.75) is 12.3 Å². The first-order chi connectivity index (χ1) is 7.13. The zero-order chi connectivity index (χ0) is 11.0. The highest BCUT2D eigenvalue weighted by Gasteiger charge is 2.16. The van der Waals surface area contributed by atoms with E-state index in [0.29, 0.717) is 11.1 Å². The lowest BCUT2D eigenvalue weighted by molar-refractivity contribution is 0.0664. The van der Waals surface area contributed by atoms with Gasteiger partial charge < -0.3 is 9.52 Å². The van der Waals surface area contributed by atoms with Gasteiger partial charge in [-0.05, 0) is 24.6 Å². The molecule has 1 aromatic carbocycles. The van der Waals surface area contributed by atoms with Crippen molar-refractivity contribution < 1.29 is 14.3 Å². The fraction of sp³-hybridized carbons (Fsp3) is 0.182. The van der Waals surface area contributed by atoms with Gasteiger partial charge in [-0.2, -0.15) is 0 Å². The number of hydrogen-bond acceptors (Lipinski definition) is 2. The Labute approximate surface area is 94.8 Å². The molecule has 0 aliphatic heterocycles. The summed E-state index contributed by atoms with van der Waals surface area (Å²) in [5, 5.41) is 10.5. The van der Waals surface area contributed by atoms with Gasteiger partial charge in [-0.15, -0.1) is 0 Å². The van der Waals surface area contributed by atoms with Crippen LogP contribution in [-0.4, -0.2) is 11.1 Å². The first-order valence-electron chi connectivity index (χ1n) is 4.44. The normalized spacial score (nSPS) is 10.8. The Morgan fingerprint density at radius 2 is 2.27 bits per heavy atom. The molecule has 3 nitrogen and oxygen atoms in total. The minimum absolute atomic E-state index is 0.0247. The van der Waals surface area contributed by atoms with E-state index in [4.69, 9.17) is 9.52 Å². The standard InChI is InChI=1S/C11H9BrO3/c1-6-8-4-7(5-12)2-3-9(8)15-10(6)11(13)14/h2-4H,5H2,1H3,(H,13,14). The van der Waals surface area contributed by atoms with Crippen LogP contribution in [0.3, 0.4) is 0 Å². The second-order valence-corrected chi connectivity index (χ2v) is 3.89. The van der Waals surface area contributed by atoms with Gasteiger partial charge in [-0.3, -0.25) is 0 Å². The van der Waals surface area contributed by atoms with Crippen LogP contribution in [-0.2, 0) is 5.33 Å². The molecule has 0 unspecified atom stereocenters. The Balaban J connectivity index is 2.72. The summed E-state index contributed by atoms with van der Waals surface area (Å²) in [5.74, 6) is -0.999. The van der Waals surface area contributed by atoms with Crippen LogP contribution < -0.4 is 0 Å². The van der Waals surface area contributed by atoms with Crippen molar-refractivity contribution in [3.63, 3.8) is 0 Å². The van der Waals surface area contributed by atoms with Crippen molar-refractivity contribution in [2.24, 2.45) is 0 Å². The molecular formula is C11H9BrO3. The maximum Gasteiger partial charge on any atom is 0.372 e. The first kappa shape index (κ1) is 10.2. The minimum Gasteiger partial charge on any atom is -0.475 e. The van der Waals surface area contributed by atoms with Gasteiger partial charge in [0.2, 0.25) is 5.76 Å². The summed E-state index contributed by atoms with van der Waals surface area (Å²) < 4.78 is 5.24. The van der Waals surface area contributed by atoms with Gasteiger partial charge >= 0.3 is 5.97 Å². The number of carbonyl (C=O) groups is 1. The molecule has 0 radical (unpaired) electrons. The third-order valence-corrected chi connectivity index (χ3v) is 3.00. The van der Waals surface area contributed by atoms with Gasteiger partial charge in [0.05, 0.1) is 0 Å². The van der Waals surface area contributed by atoms with Crippen LogP contribution in [0.1, 0.15) is 21.7 Å². The van der Waals surface area contributed by atoms with E-state index in [1.165, 1.54) is 0 Å².